The van der Waals surface area contributed by atoms with Crippen molar-refractivity contribution in [3.8, 4) is 11.8 Å². The number of nitrogens with zero attached hydrogens (tertiary/aromatic N) is 1. The molecule has 1 aromatic carbocycles. The van der Waals surface area contributed by atoms with Gasteiger partial charge < -0.3 is 10.4 Å². The molecule has 0 radical (unpaired) electrons. The molecule has 0 aliphatic rings. The zero-order valence-electron chi connectivity index (χ0n) is 10.9. The molecular formula is C15H20NO2-. The van der Waals surface area contributed by atoms with Gasteiger partial charge in [-0.3, -0.25) is 5.21 Å². The molecule has 3 nitrogen and oxygen atoms in total. The van der Waals surface area contributed by atoms with Gasteiger partial charge in [-0.1, -0.05) is 44.4 Å². The van der Waals surface area contributed by atoms with E-state index < -0.39 is 0 Å². The summed E-state index contributed by atoms with van der Waals surface area (Å²) in [5.74, 6) is 6.17. The molecule has 0 amide bonds. The van der Waals surface area contributed by atoms with Crippen molar-refractivity contribution in [1.29, 1.82) is 0 Å². The maximum Gasteiger partial charge on any atom is 0.0509 e. The molecule has 1 rings (SSSR count). The molecule has 0 unspecified atom stereocenters. The van der Waals surface area contributed by atoms with Crippen LogP contribution < -0.4 is 5.23 Å². The third-order valence-electron chi connectivity index (χ3n) is 2.73. The smallest absolute Gasteiger partial charge is 0.0509 e. The van der Waals surface area contributed by atoms with E-state index in [0.717, 1.165) is 18.4 Å². The number of hydrogen-bond donors (Lipinski definition) is 1. The quantitative estimate of drug-likeness (QED) is 0.467. The Labute approximate surface area is 109 Å². The van der Waals surface area contributed by atoms with Gasteiger partial charge in [0.2, 0.25) is 0 Å². The summed E-state index contributed by atoms with van der Waals surface area (Å²) in [6.45, 7) is 2.21. The SMILES string of the molecule is CCCCCCCC#Cc1ccc(N([O-])O)cc1. The van der Waals surface area contributed by atoms with E-state index in [-0.39, 0.29) is 10.9 Å². The summed E-state index contributed by atoms with van der Waals surface area (Å²) in [4.78, 5) is 0. The molecule has 0 atom stereocenters. The average Bonchev–Trinajstić information content (AvgIpc) is 2.38. The molecule has 0 heterocycles. The topological polar surface area (TPSA) is 46.5 Å². The van der Waals surface area contributed by atoms with Crippen molar-refractivity contribution in [2.45, 2.75) is 45.4 Å². The van der Waals surface area contributed by atoms with Crippen molar-refractivity contribution in [2.24, 2.45) is 0 Å². The fraction of sp³-hybridized carbons (Fsp3) is 0.467. The third kappa shape index (κ3) is 5.72. The molecule has 0 saturated carbocycles. The molecule has 0 saturated heterocycles. The van der Waals surface area contributed by atoms with Gasteiger partial charge in [0.1, 0.15) is 0 Å². The summed E-state index contributed by atoms with van der Waals surface area (Å²) in [6, 6.07) is 6.58. The summed E-state index contributed by atoms with van der Waals surface area (Å²) < 4.78 is 0. The lowest BCUT2D eigenvalue weighted by Gasteiger charge is -2.21. The zero-order chi connectivity index (χ0) is 13.2. The van der Waals surface area contributed by atoms with Crippen LogP contribution in [0.3, 0.4) is 0 Å². The molecule has 0 spiro atoms. The summed E-state index contributed by atoms with van der Waals surface area (Å²) in [5.41, 5.74) is 1.09. The first-order chi connectivity index (χ1) is 8.74. The van der Waals surface area contributed by atoms with E-state index in [0.29, 0.717) is 0 Å². The Morgan fingerprint density at radius 1 is 1.11 bits per heavy atom. The lowest BCUT2D eigenvalue weighted by Crippen LogP contribution is -2.06. The third-order valence-corrected chi connectivity index (χ3v) is 2.73. The Bertz CT molecular complexity index is 387. The molecule has 98 valence electrons. The van der Waals surface area contributed by atoms with E-state index in [4.69, 9.17) is 5.21 Å². The summed E-state index contributed by atoms with van der Waals surface area (Å²) in [5, 5.41) is 19.1. The van der Waals surface area contributed by atoms with E-state index in [2.05, 4.69) is 18.8 Å². The Balaban J connectivity index is 2.30. The Hall–Kier alpha value is -1.50. The zero-order valence-corrected chi connectivity index (χ0v) is 10.9. The minimum atomic E-state index is -0.148. The first kappa shape index (κ1) is 14.6. The van der Waals surface area contributed by atoms with Crippen molar-refractivity contribution in [2.75, 3.05) is 5.23 Å². The first-order valence-corrected chi connectivity index (χ1v) is 6.49. The normalized spacial score (nSPS) is 9.72. The molecule has 1 N–H and O–H groups in total. The van der Waals surface area contributed by atoms with Crippen LogP contribution in [0.2, 0.25) is 0 Å². The van der Waals surface area contributed by atoms with Gasteiger partial charge in [0.25, 0.3) is 0 Å². The number of unbranched alkanes of at least 4 members (excludes halogenated alkanes) is 5. The van der Waals surface area contributed by atoms with Crippen LogP contribution in [0.4, 0.5) is 5.69 Å². The number of benzene rings is 1. The number of rotatable bonds is 6. The highest BCUT2D eigenvalue weighted by atomic mass is 16.8. The lowest BCUT2D eigenvalue weighted by molar-refractivity contribution is 0.296. The van der Waals surface area contributed by atoms with Gasteiger partial charge in [-0.25, -0.2) is 0 Å². The van der Waals surface area contributed by atoms with Crippen molar-refractivity contribution in [3.05, 3.63) is 35.0 Å². The van der Waals surface area contributed by atoms with Crippen molar-refractivity contribution < 1.29 is 5.21 Å². The molecule has 18 heavy (non-hydrogen) atoms. The van der Waals surface area contributed by atoms with Gasteiger partial charge in [0.15, 0.2) is 0 Å². The minimum absolute atomic E-state index is 0.148. The monoisotopic (exact) mass is 246 g/mol. The Morgan fingerprint density at radius 3 is 2.39 bits per heavy atom. The maximum absolute atomic E-state index is 10.6. The van der Waals surface area contributed by atoms with Gasteiger partial charge >= 0.3 is 0 Å². The van der Waals surface area contributed by atoms with Gasteiger partial charge in [-0.15, -0.1) is 0 Å². The maximum atomic E-state index is 10.6. The van der Waals surface area contributed by atoms with Crippen LogP contribution in [0, 0.1) is 17.0 Å². The van der Waals surface area contributed by atoms with E-state index in [9.17, 15) is 5.21 Å². The number of hydrogen-bond acceptors (Lipinski definition) is 3. The average molecular weight is 246 g/mol. The lowest BCUT2D eigenvalue weighted by atomic mass is 10.1. The molecule has 1 aromatic rings. The molecular weight excluding hydrogens is 226 g/mol. The summed E-state index contributed by atoms with van der Waals surface area (Å²) in [6.07, 6.45) is 7.18. The van der Waals surface area contributed by atoms with Gasteiger partial charge in [0.05, 0.1) is 5.69 Å². The van der Waals surface area contributed by atoms with Crippen LogP contribution in [-0.4, -0.2) is 5.21 Å². The van der Waals surface area contributed by atoms with Crippen LogP contribution in [-0.2, 0) is 0 Å². The second-order valence-corrected chi connectivity index (χ2v) is 4.29. The molecule has 0 aromatic heterocycles. The van der Waals surface area contributed by atoms with Crippen molar-refractivity contribution in [1.82, 2.24) is 0 Å². The molecule has 3 heteroatoms. The largest absolute Gasteiger partial charge is 0.733 e. The second kappa shape index (κ2) is 8.57. The number of anilines is 1. The van der Waals surface area contributed by atoms with E-state index in [1.807, 2.05) is 0 Å². The highest BCUT2D eigenvalue weighted by molar-refractivity contribution is 5.48. The van der Waals surface area contributed by atoms with E-state index in [1.54, 1.807) is 24.3 Å². The molecule has 0 aliphatic carbocycles. The van der Waals surface area contributed by atoms with E-state index in [1.165, 1.54) is 25.7 Å². The predicted octanol–water partition coefficient (Wildman–Crippen LogP) is 4.09. The van der Waals surface area contributed by atoms with Crippen LogP contribution in [0.5, 0.6) is 0 Å². The van der Waals surface area contributed by atoms with Crippen LogP contribution in [0.25, 0.3) is 0 Å². The fourth-order valence-corrected chi connectivity index (χ4v) is 1.65. The molecule has 0 bridgehead atoms. The van der Waals surface area contributed by atoms with Gasteiger partial charge in [-0.2, -0.15) is 0 Å². The van der Waals surface area contributed by atoms with Gasteiger partial charge in [0, 0.05) is 12.0 Å². The summed E-state index contributed by atoms with van der Waals surface area (Å²) in [7, 11) is 0. The predicted molar refractivity (Wildman–Crippen MR) is 74.3 cm³/mol. The van der Waals surface area contributed by atoms with Crippen molar-refractivity contribution >= 4 is 5.69 Å². The standard InChI is InChI=1S/C15H20NO2/c1-2-3-4-5-6-7-8-9-14-10-12-15(13-11-14)16(17)18/h10-13,17H,2-7H2,1H3/q-1. The Morgan fingerprint density at radius 2 is 1.78 bits per heavy atom. The van der Waals surface area contributed by atoms with Crippen LogP contribution in [0.1, 0.15) is 51.0 Å². The highest BCUT2D eigenvalue weighted by Crippen LogP contribution is 2.11. The van der Waals surface area contributed by atoms with Crippen LogP contribution >= 0.6 is 0 Å². The first-order valence-electron chi connectivity index (χ1n) is 6.49. The minimum Gasteiger partial charge on any atom is -0.733 e. The summed E-state index contributed by atoms with van der Waals surface area (Å²) >= 11 is 0. The van der Waals surface area contributed by atoms with Crippen LogP contribution in [0.15, 0.2) is 24.3 Å². The molecule has 0 fully saturated rings. The van der Waals surface area contributed by atoms with E-state index >= 15 is 0 Å². The molecule has 0 aliphatic heterocycles. The second-order valence-electron chi connectivity index (χ2n) is 4.29. The fourth-order valence-electron chi connectivity index (χ4n) is 1.65. The van der Waals surface area contributed by atoms with Gasteiger partial charge in [-0.05, 0) is 30.7 Å². The van der Waals surface area contributed by atoms with Crippen molar-refractivity contribution in [3.63, 3.8) is 0 Å². The highest BCUT2D eigenvalue weighted by Gasteiger charge is 1.91. The Kier molecular flexibility index (Phi) is 6.93.